The number of benzene rings is 2. The molecule has 0 spiro atoms. The van der Waals surface area contributed by atoms with Crippen molar-refractivity contribution in [2.75, 3.05) is 0 Å². The van der Waals surface area contributed by atoms with Crippen LogP contribution >= 0.6 is 11.3 Å². The fourth-order valence-electron chi connectivity index (χ4n) is 4.25. The van der Waals surface area contributed by atoms with Crippen LogP contribution in [0.3, 0.4) is 0 Å². The van der Waals surface area contributed by atoms with Crippen LogP contribution in [0.25, 0.3) is 10.1 Å². The molecule has 1 aliphatic carbocycles. The summed E-state index contributed by atoms with van der Waals surface area (Å²) in [6, 6.07) is 15.7. The van der Waals surface area contributed by atoms with Gasteiger partial charge in [-0.3, -0.25) is 9.59 Å². The van der Waals surface area contributed by atoms with Crippen LogP contribution in [0.2, 0.25) is 0 Å². The zero-order valence-corrected chi connectivity index (χ0v) is 16.8. The number of rotatable bonds is 4. The minimum absolute atomic E-state index is 0.0711. The molecule has 0 saturated heterocycles. The fraction of sp³-hybridized carbons (Fsp3) is 0.250. The van der Waals surface area contributed by atoms with E-state index in [1.54, 1.807) is 16.2 Å². The number of fused-ring (bicyclic) bond motifs is 2. The second-order valence-corrected chi connectivity index (χ2v) is 8.87. The molecular weight excluding hydrogens is 382 g/mol. The highest BCUT2D eigenvalue weighted by Crippen LogP contribution is 2.36. The van der Waals surface area contributed by atoms with E-state index in [0.29, 0.717) is 31.6 Å². The second-order valence-electron chi connectivity index (χ2n) is 7.70. The van der Waals surface area contributed by atoms with Gasteiger partial charge in [0.15, 0.2) is 5.78 Å². The summed E-state index contributed by atoms with van der Waals surface area (Å²) in [5.41, 5.74) is 2.50. The molecule has 146 valence electrons. The van der Waals surface area contributed by atoms with Gasteiger partial charge in [0.1, 0.15) is 12.4 Å². The van der Waals surface area contributed by atoms with Gasteiger partial charge in [-0.05, 0) is 42.5 Å². The number of hydrogen-bond acceptors (Lipinski definition) is 4. The van der Waals surface area contributed by atoms with Crippen LogP contribution in [-0.4, -0.2) is 22.6 Å². The lowest BCUT2D eigenvalue weighted by Crippen LogP contribution is -2.43. The third-order valence-corrected chi connectivity index (χ3v) is 6.83. The highest BCUT2D eigenvalue weighted by Gasteiger charge is 2.39. The summed E-state index contributed by atoms with van der Waals surface area (Å²) in [7, 11) is 0. The fourth-order valence-corrected chi connectivity index (χ4v) is 5.23. The van der Waals surface area contributed by atoms with E-state index in [-0.39, 0.29) is 17.7 Å². The Morgan fingerprint density at radius 2 is 2.00 bits per heavy atom. The van der Waals surface area contributed by atoms with E-state index in [1.807, 2.05) is 30.3 Å². The van der Waals surface area contributed by atoms with Crippen molar-refractivity contribution < 1.29 is 14.3 Å². The zero-order valence-electron chi connectivity index (χ0n) is 16.0. The maximum absolute atomic E-state index is 13.0. The van der Waals surface area contributed by atoms with Crippen molar-refractivity contribution in [3.63, 3.8) is 0 Å². The van der Waals surface area contributed by atoms with E-state index in [4.69, 9.17) is 4.74 Å². The molecule has 1 aromatic heterocycles. The van der Waals surface area contributed by atoms with E-state index in [2.05, 4.69) is 24.8 Å². The van der Waals surface area contributed by atoms with Crippen LogP contribution in [-0.2, 0) is 17.9 Å². The molecule has 5 heteroatoms. The minimum Gasteiger partial charge on any atom is -0.488 e. The summed E-state index contributed by atoms with van der Waals surface area (Å²) in [5, 5.41) is 1.22. The molecule has 2 aromatic carbocycles. The van der Waals surface area contributed by atoms with E-state index >= 15 is 0 Å². The second kappa shape index (κ2) is 7.16. The van der Waals surface area contributed by atoms with E-state index < -0.39 is 0 Å². The highest BCUT2D eigenvalue weighted by atomic mass is 32.1. The van der Waals surface area contributed by atoms with Gasteiger partial charge in [0, 0.05) is 27.1 Å². The van der Waals surface area contributed by atoms with E-state index in [9.17, 15) is 9.59 Å². The Labute approximate surface area is 173 Å². The lowest BCUT2D eigenvalue weighted by molar-refractivity contribution is -0.124. The molecule has 5 rings (SSSR count). The third-order valence-electron chi connectivity index (χ3n) is 5.74. The summed E-state index contributed by atoms with van der Waals surface area (Å²) in [6.07, 6.45) is 1.83. The maximum atomic E-state index is 13.0. The maximum Gasteiger partial charge on any atom is 0.255 e. The van der Waals surface area contributed by atoms with Crippen molar-refractivity contribution in [1.29, 1.82) is 0 Å². The SMILES string of the molecule is C=C1CCC(N2Cc3c(OCc4cc5ccccc5s4)cccc3C2=O)C(=O)C1. The molecule has 3 aromatic rings. The molecule has 0 bridgehead atoms. The highest BCUT2D eigenvalue weighted by molar-refractivity contribution is 7.19. The van der Waals surface area contributed by atoms with Gasteiger partial charge in [0.05, 0.1) is 12.6 Å². The van der Waals surface area contributed by atoms with Crippen molar-refractivity contribution in [2.45, 2.75) is 38.5 Å². The van der Waals surface area contributed by atoms with Gasteiger partial charge >= 0.3 is 0 Å². The van der Waals surface area contributed by atoms with Crippen molar-refractivity contribution in [3.05, 3.63) is 76.7 Å². The lowest BCUT2D eigenvalue weighted by Gasteiger charge is -2.30. The average molecular weight is 404 g/mol. The summed E-state index contributed by atoms with van der Waals surface area (Å²) >= 11 is 1.72. The van der Waals surface area contributed by atoms with Gasteiger partial charge in [0.25, 0.3) is 5.91 Å². The number of allylic oxidation sites excluding steroid dienone is 1. The van der Waals surface area contributed by atoms with Crippen molar-refractivity contribution in [1.82, 2.24) is 4.90 Å². The first-order valence-corrected chi connectivity index (χ1v) is 10.6. The standard InChI is InChI=1S/C24H21NO3S/c1-15-9-10-20(21(26)11-15)25-13-19-18(24(25)27)6-4-7-22(19)28-14-17-12-16-5-2-3-8-23(16)29-17/h2-8,12,20H,1,9-11,13-14H2. The molecule has 1 aliphatic heterocycles. The molecule has 2 heterocycles. The number of carbonyl (C=O) groups is 2. The Morgan fingerprint density at radius 1 is 1.14 bits per heavy atom. The molecule has 29 heavy (non-hydrogen) atoms. The van der Waals surface area contributed by atoms with E-state index in [1.165, 1.54) is 10.1 Å². The topological polar surface area (TPSA) is 46.6 Å². The number of carbonyl (C=O) groups excluding carboxylic acids is 2. The van der Waals surface area contributed by atoms with Crippen LogP contribution in [0.15, 0.2) is 60.7 Å². The number of ether oxygens (including phenoxy) is 1. The van der Waals surface area contributed by atoms with Gasteiger partial charge in [-0.2, -0.15) is 0 Å². The first-order valence-electron chi connectivity index (χ1n) is 9.82. The Kier molecular flexibility index (Phi) is 4.47. The largest absolute Gasteiger partial charge is 0.488 e. The molecule has 4 nitrogen and oxygen atoms in total. The first kappa shape index (κ1) is 18.1. The van der Waals surface area contributed by atoms with Crippen LogP contribution in [0, 0.1) is 0 Å². The number of nitrogens with zero attached hydrogens (tertiary/aromatic N) is 1. The van der Waals surface area contributed by atoms with Crippen LogP contribution in [0.4, 0.5) is 0 Å². The molecule has 0 N–H and O–H groups in total. The Balaban J connectivity index is 1.36. The molecule has 0 radical (unpaired) electrons. The van der Waals surface area contributed by atoms with Crippen LogP contribution < -0.4 is 4.74 Å². The number of thiophene rings is 1. The Morgan fingerprint density at radius 3 is 2.83 bits per heavy atom. The molecule has 1 saturated carbocycles. The molecular formula is C24H21NO3S. The molecule has 1 unspecified atom stereocenters. The summed E-state index contributed by atoms with van der Waals surface area (Å²) in [4.78, 5) is 28.3. The van der Waals surface area contributed by atoms with Gasteiger partial charge in [-0.1, -0.05) is 36.4 Å². The third kappa shape index (κ3) is 3.25. The number of hydrogen-bond donors (Lipinski definition) is 0. The van der Waals surface area contributed by atoms with Crippen molar-refractivity contribution in [3.8, 4) is 5.75 Å². The zero-order chi connectivity index (χ0) is 20.0. The number of Topliss-reactive ketones (excluding diaryl/α,β-unsaturated/α-hetero) is 1. The predicted octanol–water partition coefficient (Wildman–Crippen LogP) is 5.11. The molecule has 1 amide bonds. The van der Waals surface area contributed by atoms with Gasteiger partial charge in [-0.15, -0.1) is 11.3 Å². The average Bonchev–Trinajstić information content (AvgIpc) is 3.28. The van der Waals surface area contributed by atoms with Crippen LogP contribution in [0.5, 0.6) is 5.75 Å². The summed E-state index contributed by atoms with van der Waals surface area (Å²) < 4.78 is 7.36. The minimum atomic E-state index is -0.351. The van der Waals surface area contributed by atoms with Crippen LogP contribution in [0.1, 0.15) is 40.1 Å². The smallest absolute Gasteiger partial charge is 0.255 e. The molecule has 1 atom stereocenters. The number of ketones is 1. The number of amides is 1. The first-order chi connectivity index (χ1) is 14.1. The van der Waals surface area contributed by atoms with Crippen molar-refractivity contribution in [2.24, 2.45) is 0 Å². The van der Waals surface area contributed by atoms with Gasteiger partial charge in [-0.25, -0.2) is 0 Å². The Hall–Kier alpha value is -2.92. The van der Waals surface area contributed by atoms with Gasteiger partial charge < -0.3 is 9.64 Å². The normalized spacial score (nSPS) is 19.1. The molecule has 2 aliphatic rings. The molecule has 1 fully saturated rings. The van der Waals surface area contributed by atoms with Gasteiger partial charge in [0.2, 0.25) is 0 Å². The monoisotopic (exact) mass is 403 g/mol. The quantitative estimate of drug-likeness (QED) is 0.569. The summed E-state index contributed by atoms with van der Waals surface area (Å²) in [6.45, 7) is 4.82. The van der Waals surface area contributed by atoms with E-state index in [0.717, 1.165) is 28.2 Å². The summed E-state index contributed by atoms with van der Waals surface area (Å²) in [5.74, 6) is 0.747. The Bertz CT molecular complexity index is 1110. The van der Waals surface area contributed by atoms with Crippen molar-refractivity contribution >= 4 is 33.1 Å². The lowest BCUT2D eigenvalue weighted by atomic mass is 9.90. The predicted molar refractivity (Wildman–Crippen MR) is 114 cm³/mol.